The van der Waals surface area contributed by atoms with E-state index >= 15 is 0 Å². The van der Waals surface area contributed by atoms with E-state index < -0.39 is 25.1 Å². The van der Waals surface area contributed by atoms with Gasteiger partial charge in [-0.2, -0.15) is 0 Å². The van der Waals surface area contributed by atoms with Crippen molar-refractivity contribution < 1.29 is 33.4 Å². The molecule has 0 saturated carbocycles. The van der Waals surface area contributed by atoms with Gasteiger partial charge < -0.3 is 24.4 Å². The molecule has 1 N–H and O–H groups in total. The second-order valence-electron chi connectivity index (χ2n) is 5.29. The van der Waals surface area contributed by atoms with Crippen molar-refractivity contribution in [2.45, 2.75) is 6.92 Å². The van der Waals surface area contributed by atoms with Gasteiger partial charge in [-0.1, -0.05) is 0 Å². The van der Waals surface area contributed by atoms with Gasteiger partial charge in [0.2, 0.25) is 5.91 Å². The lowest BCUT2D eigenvalue weighted by molar-refractivity contribution is -0.153. The molecule has 0 atom stereocenters. The number of ketones is 1. The third-order valence-corrected chi connectivity index (χ3v) is 3.36. The number of rotatable bonds is 9. The Morgan fingerprint density at radius 2 is 1.81 bits per heavy atom. The van der Waals surface area contributed by atoms with Crippen LogP contribution in [-0.4, -0.2) is 69.4 Å². The van der Waals surface area contributed by atoms with Gasteiger partial charge in [0.15, 0.2) is 30.5 Å². The summed E-state index contributed by atoms with van der Waals surface area (Å²) >= 11 is 0. The maximum absolute atomic E-state index is 11.8. The monoisotopic (exact) mass is 366 g/mol. The lowest BCUT2D eigenvalue weighted by atomic mass is 10.1. The van der Waals surface area contributed by atoms with E-state index in [2.05, 4.69) is 5.32 Å². The van der Waals surface area contributed by atoms with E-state index in [4.69, 9.17) is 14.2 Å². The molecule has 0 radical (unpaired) electrons. The minimum Gasteiger partial charge on any atom is -0.493 e. The number of hydrogen-bond acceptors (Lipinski definition) is 7. The van der Waals surface area contributed by atoms with Crippen LogP contribution < -0.4 is 14.8 Å². The van der Waals surface area contributed by atoms with E-state index in [0.29, 0.717) is 11.3 Å². The Morgan fingerprint density at radius 1 is 1.12 bits per heavy atom. The molecular weight excluding hydrogens is 344 g/mol. The average Bonchev–Trinajstić information content (AvgIpc) is 2.63. The molecule has 1 aromatic rings. The Labute approximate surface area is 151 Å². The molecule has 0 bridgehead atoms. The minimum atomic E-state index is -0.760. The standard InChI is InChI=1S/C17H22N2O7/c1-11(20)12-5-6-13(14(7-12)24-4)25-10-17(23)26-9-16(22)19(3)8-15(21)18-2/h5-7H,8-10H2,1-4H3,(H,18,21). The van der Waals surface area contributed by atoms with Gasteiger partial charge in [-0.05, 0) is 25.1 Å². The van der Waals surface area contributed by atoms with Crippen LogP contribution in [0.2, 0.25) is 0 Å². The number of nitrogens with one attached hydrogen (secondary N) is 1. The Bertz CT molecular complexity index is 688. The normalized spacial score (nSPS) is 9.85. The van der Waals surface area contributed by atoms with Crippen molar-refractivity contribution in [1.82, 2.24) is 10.2 Å². The predicted octanol–water partition coefficient (Wildman–Crippen LogP) is 0.0242. The van der Waals surface area contributed by atoms with Gasteiger partial charge in [-0.15, -0.1) is 0 Å². The molecule has 0 aliphatic carbocycles. The van der Waals surface area contributed by atoms with Crippen molar-refractivity contribution in [1.29, 1.82) is 0 Å². The molecular formula is C17H22N2O7. The highest BCUT2D eigenvalue weighted by molar-refractivity contribution is 5.94. The number of hydrogen-bond donors (Lipinski definition) is 1. The van der Waals surface area contributed by atoms with Gasteiger partial charge in [0.1, 0.15) is 0 Å². The minimum absolute atomic E-state index is 0.131. The quantitative estimate of drug-likeness (QED) is 0.484. The summed E-state index contributed by atoms with van der Waals surface area (Å²) in [4.78, 5) is 47.1. The molecule has 0 fully saturated rings. The summed E-state index contributed by atoms with van der Waals surface area (Å²) in [6.45, 7) is 0.340. The molecule has 1 rings (SSSR count). The fourth-order valence-electron chi connectivity index (χ4n) is 1.82. The third kappa shape index (κ3) is 6.42. The summed E-state index contributed by atoms with van der Waals surface area (Å²) in [6.07, 6.45) is 0. The topological polar surface area (TPSA) is 111 Å². The predicted molar refractivity (Wildman–Crippen MR) is 91.2 cm³/mol. The molecule has 9 nitrogen and oxygen atoms in total. The number of Topliss-reactive ketones (excluding diaryl/α,β-unsaturated/α-hetero) is 1. The lowest BCUT2D eigenvalue weighted by Crippen LogP contribution is -2.39. The molecule has 0 spiro atoms. The molecule has 142 valence electrons. The molecule has 9 heteroatoms. The average molecular weight is 366 g/mol. The van der Waals surface area contributed by atoms with Gasteiger partial charge >= 0.3 is 5.97 Å². The Hall–Kier alpha value is -3.10. The van der Waals surface area contributed by atoms with Crippen LogP contribution in [0, 0.1) is 0 Å². The van der Waals surface area contributed by atoms with Crippen LogP contribution in [0.3, 0.4) is 0 Å². The van der Waals surface area contributed by atoms with Gasteiger partial charge in [-0.3, -0.25) is 14.4 Å². The molecule has 0 aliphatic heterocycles. The third-order valence-electron chi connectivity index (χ3n) is 3.36. The summed E-state index contributed by atoms with van der Waals surface area (Å²) in [6, 6.07) is 4.55. The fraction of sp³-hybridized carbons (Fsp3) is 0.412. The molecule has 1 aromatic carbocycles. The van der Waals surface area contributed by atoms with Crippen molar-refractivity contribution in [3.8, 4) is 11.5 Å². The molecule has 26 heavy (non-hydrogen) atoms. The number of likely N-dealkylation sites (N-methyl/N-ethyl adjacent to an activating group) is 2. The largest absolute Gasteiger partial charge is 0.493 e. The number of benzene rings is 1. The summed E-state index contributed by atoms with van der Waals surface area (Å²) in [5.74, 6) is -1.19. The first-order chi connectivity index (χ1) is 12.3. The van der Waals surface area contributed by atoms with E-state index in [0.717, 1.165) is 4.90 Å². The highest BCUT2D eigenvalue weighted by atomic mass is 16.6. The van der Waals surface area contributed by atoms with E-state index in [1.54, 1.807) is 6.07 Å². The van der Waals surface area contributed by atoms with Crippen LogP contribution in [0.1, 0.15) is 17.3 Å². The Morgan fingerprint density at radius 3 is 2.38 bits per heavy atom. The lowest BCUT2D eigenvalue weighted by Gasteiger charge is -2.16. The van der Waals surface area contributed by atoms with Crippen LogP contribution in [0.15, 0.2) is 18.2 Å². The first-order valence-electron chi connectivity index (χ1n) is 7.70. The van der Waals surface area contributed by atoms with Gasteiger partial charge in [0, 0.05) is 19.7 Å². The smallest absolute Gasteiger partial charge is 0.344 e. The van der Waals surface area contributed by atoms with Gasteiger partial charge in [0.05, 0.1) is 13.7 Å². The summed E-state index contributed by atoms with van der Waals surface area (Å²) in [5, 5.41) is 2.38. The zero-order chi connectivity index (χ0) is 19.7. The highest BCUT2D eigenvalue weighted by Gasteiger charge is 2.15. The summed E-state index contributed by atoms with van der Waals surface area (Å²) < 4.78 is 15.2. The van der Waals surface area contributed by atoms with Crippen molar-refractivity contribution in [3.05, 3.63) is 23.8 Å². The summed E-state index contributed by atoms with van der Waals surface area (Å²) in [5.41, 5.74) is 0.446. The number of carbonyl (C=O) groups excluding carboxylic acids is 4. The first kappa shape index (κ1) is 20.9. The number of ether oxygens (including phenoxy) is 3. The molecule has 0 aliphatic rings. The fourth-order valence-corrected chi connectivity index (χ4v) is 1.82. The highest BCUT2D eigenvalue weighted by Crippen LogP contribution is 2.28. The number of amides is 2. The maximum atomic E-state index is 11.8. The van der Waals surface area contributed by atoms with E-state index in [-0.39, 0.29) is 24.0 Å². The van der Waals surface area contributed by atoms with Crippen LogP contribution in [0.5, 0.6) is 11.5 Å². The second-order valence-corrected chi connectivity index (χ2v) is 5.29. The number of esters is 1. The maximum Gasteiger partial charge on any atom is 0.344 e. The van der Waals surface area contributed by atoms with Crippen molar-refractivity contribution >= 4 is 23.6 Å². The molecule has 2 amide bonds. The zero-order valence-electron chi connectivity index (χ0n) is 15.2. The Kier molecular flexibility index (Phi) is 8.07. The van der Waals surface area contributed by atoms with Gasteiger partial charge in [0.25, 0.3) is 5.91 Å². The summed E-state index contributed by atoms with van der Waals surface area (Å²) in [7, 11) is 4.28. The SMILES string of the molecule is CNC(=O)CN(C)C(=O)COC(=O)COc1ccc(C(C)=O)cc1OC. The number of methoxy groups -OCH3 is 1. The van der Waals surface area contributed by atoms with Crippen LogP contribution in [-0.2, 0) is 19.1 Å². The first-order valence-corrected chi connectivity index (χ1v) is 7.70. The van der Waals surface area contributed by atoms with E-state index in [1.807, 2.05) is 0 Å². The molecule has 0 unspecified atom stereocenters. The van der Waals surface area contributed by atoms with E-state index in [1.165, 1.54) is 40.3 Å². The molecule has 0 saturated heterocycles. The Balaban J connectivity index is 2.51. The second kappa shape index (κ2) is 10.0. The van der Waals surface area contributed by atoms with Crippen molar-refractivity contribution in [2.24, 2.45) is 0 Å². The number of nitrogens with zero attached hydrogens (tertiary/aromatic N) is 1. The van der Waals surface area contributed by atoms with E-state index in [9.17, 15) is 19.2 Å². The van der Waals surface area contributed by atoms with Crippen LogP contribution in [0.4, 0.5) is 0 Å². The van der Waals surface area contributed by atoms with Gasteiger partial charge in [-0.25, -0.2) is 4.79 Å². The van der Waals surface area contributed by atoms with Crippen molar-refractivity contribution in [2.75, 3.05) is 41.0 Å². The zero-order valence-corrected chi connectivity index (χ0v) is 15.2. The molecule has 0 heterocycles. The number of carbonyl (C=O) groups is 4. The van der Waals surface area contributed by atoms with Crippen molar-refractivity contribution in [3.63, 3.8) is 0 Å². The molecule has 0 aromatic heterocycles. The van der Waals surface area contributed by atoms with Crippen LogP contribution >= 0.6 is 0 Å². The van der Waals surface area contributed by atoms with Crippen LogP contribution in [0.25, 0.3) is 0 Å².